The number of hydrogen-bond donors (Lipinski definition) is 2. The summed E-state index contributed by atoms with van der Waals surface area (Å²) in [5.41, 5.74) is -1.64. The minimum atomic E-state index is -4.51. The predicted octanol–water partition coefficient (Wildman–Crippen LogP) is 4.07. The number of carbonyl (C=O) groups excluding carboxylic acids is 2. The molecule has 0 atom stereocenters. The number of rotatable bonds is 5. The van der Waals surface area contributed by atoms with Crippen LogP contribution in [0.3, 0.4) is 0 Å². The summed E-state index contributed by atoms with van der Waals surface area (Å²) in [6, 6.07) is 10.9. The van der Waals surface area contributed by atoms with Crippen molar-refractivity contribution in [1.82, 2.24) is 0 Å². The SMILES string of the molecule is COc1ccc(NC(=O)C2(C(=O)Nc3cccc(C(F)(F)F)c3)CC2)cc1. The van der Waals surface area contributed by atoms with Crippen molar-refractivity contribution in [2.24, 2.45) is 5.41 Å². The third-order valence-electron chi connectivity index (χ3n) is 4.41. The summed E-state index contributed by atoms with van der Waals surface area (Å²) in [5, 5.41) is 5.09. The van der Waals surface area contributed by atoms with Gasteiger partial charge in [0.1, 0.15) is 11.2 Å². The van der Waals surface area contributed by atoms with Crippen LogP contribution in [0.5, 0.6) is 5.75 Å². The lowest BCUT2D eigenvalue weighted by molar-refractivity contribution is -0.137. The fourth-order valence-electron chi connectivity index (χ4n) is 2.63. The maximum atomic E-state index is 12.8. The van der Waals surface area contributed by atoms with E-state index < -0.39 is 29.0 Å². The van der Waals surface area contributed by atoms with Gasteiger partial charge in [-0.3, -0.25) is 9.59 Å². The fourth-order valence-corrected chi connectivity index (χ4v) is 2.63. The van der Waals surface area contributed by atoms with Gasteiger partial charge in [-0.05, 0) is 55.3 Å². The van der Waals surface area contributed by atoms with Gasteiger partial charge in [0.25, 0.3) is 0 Å². The first-order chi connectivity index (χ1) is 12.7. The Labute approximate surface area is 153 Å². The van der Waals surface area contributed by atoms with Crippen LogP contribution >= 0.6 is 0 Å². The van der Waals surface area contributed by atoms with Crippen molar-refractivity contribution in [1.29, 1.82) is 0 Å². The lowest BCUT2D eigenvalue weighted by Gasteiger charge is -2.16. The molecule has 0 saturated heterocycles. The molecule has 2 aromatic rings. The van der Waals surface area contributed by atoms with Gasteiger partial charge in [-0.2, -0.15) is 13.2 Å². The lowest BCUT2D eigenvalue weighted by atomic mass is 10.0. The Morgan fingerprint density at radius 3 is 2.07 bits per heavy atom. The Hall–Kier alpha value is -3.03. The molecule has 0 unspecified atom stereocenters. The zero-order valence-corrected chi connectivity index (χ0v) is 14.4. The Balaban J connectivity index is 1.69. The Morgan fingerprint density at radius 2 is 1.56 bits per heavy atom. The second kappa shape index (κ2) is 6.94. The van der Waals surface area contributed by atoms with Crippen LogP contribution in [0.1, 0.15) is 18.4 Å². The topological polar surface area (TPSA) is 67.4 Å². The van der Waals surface area contributed by atoms with E-state index in [1.54, 1.807) is 24.3 Å². The number of hydrogen-bond acceptors (Lipinski definition) is 3. The Morgan fingerprint density at radius 1 is 0.963 bits per heavy atom. The molecule has 1 saturated carbocycles. The number of ether oxygens (including phenoxy) is 1. The highest BCUT2D eigenvalue weighted by atomic mass is 19.4. The maximum Gasteiger partial charge on any atom is 0.416 e. The van der Waals surface area contributed by atoms with Crippen molar-refractivity contribution in [3.63, 3.8) is 0 Å². The molecular weight excluding hydrogens is 361 g/mol. The van der Waals surface area contributed by atoms with Crippen molar-refractivity contribution in [3.05, 3.63) is 54.1 Å². The summed E-state index contributed by atoms with van der Waals surface area (Å²) < 4.78 is 43.4. The van der Waals surface area contributed by atoms with Gasteiger partial charge >= 0.3 is 6.18 Å². The third kappa shape index (κ3) is 4.05. The standard InChI is InChI=1S/C19H17F3N2O3/c1-27-15-7-5-13(6-8-15)23-16(25)18(9-10-18)17(26)24-14-4-2-3-12(11-14)19(20,21)22/h2-8,11H,9-10H2,1H3,(H,23,25)(H,24,26). The second-order valence-electron chi connectivity index (χ2n) is 6.30. The van der Waals surface area contributed by atoms with E-state index in [-0.39, 0.29) is 5.69 Å². The molecule has 5 nitrogen and oxygen atoms in total. The predicted molar refractivity (Wildman–Crippen MR) is 93.4 cm³/mol. The zero-order valence-electron chi connectivity index (χ0n) is 14.4. The number of carbonyl (C=O) groups is 2. The smallest absolute Gasteiger partial charge is 0.416 e. The minimum Gasteiger partial charge on any atom is -0.497 e. The number of alkyl halides is 3. The second-order valence-corrected chi connectivity index (χ2v) is 6.30. The van der Waals surface area contributed by atoms with E-state index in [4.69, 9.17) is 4.74 Å². The maximum absolute atomic E-state index is 12.8. The number of anilines is 2. The largest absolute Gasteiger partial charge is 0.497 e. The van der Waals surface area contributed by atoms with Gasteiger partial charge in [-0.25, -0.2) is 0 Å². The van der Waals surface area contributed by atoms with Crippen molar-refractivity contribution >= 4 is 23.2 Å². The molecule has 3 rings (SSSR count). The number of amides is 2. The highest BCUT2D eigenvalue weighted by Gasteiger charge is 2.56. The van der Waals surface area contributed by atoms with Gasteiger partial charge in [0.15, 0.2) is 0 Å². The average molecular weight is 378 g/mol. The van der Waals surface area contributed by atoms with Crippen LogP contribution in [0, 0.1) is 5.41 Å². The van der Waals surface area contributed by atoms with Gasteiger partial charge in [-0.1, -0.05) is 6.07 Å². The summed E-state index contributed by atoms with van der Waals surface area (Å²) in [7, 11) is 1.52. The quantitative estimate of drug-likeness (QED) is 0.771. The first-order valence-electron chi connectivity index (χ1n) is 8.19. The highest BCUT2D eigenvalue weighted by Crippen LogP contribution is 2.47. The molecule has 2 N–H and O–H groups in total. The molecule has 0 heterocycles. The molecule has 1 fully saturated rings. The molecule has 1 aliphatic rings. The Kier molecular flexibility index (Phi) is 4.82. The number of benzene rings is 2. The van der Waals surface area contributed by atoms with Gasteiger partial charge in [0.05, 0.1) is 12.7 Å². The van der Waals surface area contributed by atoms with E-state index in [1.165, 1.54) is 19.2 Å². The van der Waals surface area contributed by atoms with E-state index in [2.05, 4.69) is 10.6 Å². The van der Waals surface area contributed by atoms with E-state index in [0.717, 1.165) is 12.1 Å². The van der Waals surface area contributed by atoms with E-state index in [9.17, 15) is 22.8 Å². The molecular formula is C19H17F3N2O3. The van der Waals surface area contributed by atoms with Crippen molar-refractivity contribution in [2.45, 2.75) is 19.0 Å². The minimum absolute atomic E-state index is 0.00153. The van der Waals surface area contributed by atoms with Crippen LogP contribution in [-0.2, 0) is 15.8 Å². The monoisotopic (exact) mass is 378 g/mol. The third-order valence-corrected chi connectivity index (χ3v) is 4.41. The highest BCUT2D eigenvalue weighted by molar-refractivity contribution is 6.16. The van der Waals surface area contributed by atoms with E-state index in [0.29, 0.717) is 24.3 Å². The lowest BCUT2D eigenvalue weighted by Crippen LogP contribution is -2.35. The molecule has 8 heteroatoms. The van der Waals surface area contributed by atoms with Crippen LogP contribution in [0.2, 0.25) is 0 Å². The van der Waals surface area contributed by atoms with Gasteiger partial charge in [0.2, 0.25) is 11.8 Å². The summed E-state index contributed by atoms with van der Waals surface area (Å²) in [6.45, 7) is 0. The van der Waals surface area contributed by atoms with Crippen LogP contribution in [0.25, 0.3) is 0 Å². The number of halogens is 3. The molecule has 1 aliphatic carbocycles. The molecule has 142 valence electrons. The van der Waals surface area contributed by atoms with Crippen molar-refractivity contribution < 1.29 is 27.5 Å². The van der Waals surface area contributed by atoms with Crippen LogP contribution in [0.4, 0.5) is 24.5 Å². The molecule has 27 heavy (non-hydrogen) atoms. The summed E-state index contributed by atoms with van der Waals surface area (Å²) in [4.78, 5) is 25.0. The molecule has 0 radical (unpaired) electrons. The summed E-state index contributed by atoms with van der Waals surface area (Å²) in [6.07, 6.45) is -3.84. The van der Waals surface area contributed by atoms with Gasteiger partial charge < -0.3 is 15.4 Å². The summed E-state index contributed by atoms with van der Waals surface area (Å²) in [5.74, 6) is -0.485. The average Bonchev–Trinajstić information content (AvgIpc) is 3.44. The molecule has 0 aromatic heterocycles. The molecule has 0 bridgehead atoms. The number of nitrogens with one attached hydrogen (secondary N) is 2. The molecule has 0 spiro atoms. The zero-order chi connectivity index (χ0) is 19.7. The summed E-state index contributed by atoms with van der Waals surface area (Å²) >= 11 is 0. The van der Waals surface area contributed by atoms with Crippen LogP contribution in [-0.4, -0.2) is 18.9 Å². The van der Waals surface area contributed by atoms with E-state index >= 15 is 0 Å². The number of methoxy groups -OCH3 is 1. The molecule has 2 amide bonds. The Bertz CT molecular complexity index is 859. The van der Waals surface area contributed by atoms with Gasteiger partial charge in [0, 0.05) is 11.4 Å². The first kappa shape index (κ1) is 18.8. The normalized spacial score (nSPS) is 15.0. The van der Waals surface area contributed by atoms with Crippen molar-refractivity contribution in [2.75, 3.05) is 17.7 Å². The van der Waals surface area contributed by atoms with E-state index in [1.807, 2.05) is 0 Å². The van der Waals surface area contributed by atoms with Crippen molar-refractivity contribution in [3.8, 4) is 5.75 Å². The fraction of sp³-hybridized carbons (Fsp3) is 0.263. The molecule has 0 aliphatic heterocycles. The first-order valence-corrected chi connectivity index (χ1v) is 8.19. The molecule has 2 aromatic carbocycles. The van der Waals surface area contributed by atoms with Crippen LogP contribution < -0.4 is 15.4 Å². The van der Waals surface area contributed by atoms with Crippen LogP contribution in [0.15, 0.2) is 48.5 Å². The van der Waals surface area contributed by atoms with Gasteiger partial charge in [-0.15, -0.1) is 0 Å².